The van der Waals surface area contributed by atoms with E-state index >= 15 is 0 Å². The quantitative estimate of drug-likeness (QED) is 0.420. The molecule has 0 aliphatic heterocycles. The lowest BCUT2D eigenvalue weighted by Gasteiger charge is -2.25. The first-order valence-corrected chi connectivity index (χ1v) is 11.8. The highest BCUT2D eigenvalue weighted by Gasteiger charge is 2.29. The maximum absolute atomic E-state index is 13.4. The van der Waals surface area contributed by atoms with Gasteiger partial charge in [0.25, 0.3) is 0 Å². The van der Waals surface area contributed by atoms with E-state index < -0.39 is 29.7 Å². The molecule has 0 fully saturated rings. The molecule has 0 heterocycles. The predicted molar refractivity (Wildman–Crippen MR) is 139 cm³/mol. The van der Waals surface area contributed by atoms with Gasteiger partial charge in [0.05, 0.1) is 0 Å². The first-order chi connectivity index (χ1) is 17.2. The highest BCUT2D eigenvalue weighted by atomic mass is 16.6. The number of carbonyl (C=O) groups is 3. The van der Waals surface area contributed by atoms with Crippen molar-refractivity contribution in [1.29, 1.82) is 0 Å². The van der Waals surface area contributed by atoms with Crippen LogP contribution in [0.1, 0.15) is 31.9 Å². The van der Waals surface area contributed by atoms with E-state index in [1.807, 2.05) is 60.7 Å². The number of ether oxygens (including phenoxy) is 1. The Kier molecular flexibility index (Phi) is 9.22. The lowest BCUT2D eigenvalue weighted by Crippen LogP contribution is -2.54. The summed E-state index contributed by atoms with van der Waals surface area (Å²) in [6, 6.07) is 26.7. The van der Waals surface area contributed by atoms with E-state index in [2.05, 4.69) is 22.0 Å². The Morgan fingerprint density at radius 3 is 1.75 bits per heavy atom. The van der Waals surface area contributed by atoms with Crippen molar-refractivity contribution in [2.75, 3.05) is 5.32 Å². The first kappa shape index (κ1) is 26.5. The Bertz CT molecular complexity index is 1130. The Balaban J connectivity index is 1.80. The SMILES string of the molecule is CC(C)(C)OC(=O)N[C@H](Cc1ccccc1)C(=O)N[C@H](Cc1ccccc1)C(=O)Nc1cc[c]cc1. The minimum atomic E-state index is -0.945. The molecule has 0 unspecified atom stereocenters. The molecular formula is C29H32N3O4. The minimum Gasteiger partial charge on any atom is -0.444 e. The number of nitrogens with one attached hydrogen (secondary N) is 3. The van der Waals surface area contributed by atoms with Crippen molar-refractivity contribution in [3.05, 3.63) is 102 Å². The third kappa shape index (κ3) is 8.91. The minimum absolute atomic E-state index is 0.236. The van der Waals surface area contributed by atoms with Crippen LogP contribution in [0.15, 0.2) is 84.9 Å². The van der Waals surface area contributed by atoms with Crippen LogP contribution >= 0.6 is 0 Å². The van der Waals surface area contributed by atoms with Gasteiger partial charge in [-0.3, -0.25) is 9.59 Å². The summed E-state index contributed by atoms with van der Waals surface area (Å²) >= 11 is 0. The van der Waals surface area contributed by atoms with Gasteiger partial charge in [0.1, 0.15) is 17.7 Å². The van der Waals surface area contributed by atoms with Gasteiger partial charge in [-0.2, -0.15) is 0 Å². The summed E-state index contributed by atoms with van der Waals surface area (Å²) in [5, 5.41) is 8.36. The zero-order valence-corrected chi connectivity index (χ0v) is 20.8. The van der Waals surface area contributed by atoms with E-state index in [4.69, 9.17) is 4.74 Å². The second kappa shape index (κ2) is 12.5. The van der Waals surface area contributed by atoms with Gasteiger partial charge in [0.2, 0.25) is 11.8 Å². The van der Waals surface area contributed by atoms with Crippen LogP contribution in [-0.2, 0) is 27.2 Å². The number of hydrogen-bond donors (Lipinski definition) is 3. The molecule has 0 spiro atoms. The fraction of sp³-hybridized carbons (Fsp3) is 0.276. The highest BCUT2D eigenvalue weighted by Crippen LogP contribution is 2.11. The Hall–Kier alpha value is -4.13. The van der Waals surface area contributed by atoms with Gasteiger partial charge in [0, 0.05) is 18.5 Å². The molecule has 0 aliphatic rings. The monoisotopic (exact) mass is 486 g/mol. The van der Waals surface area contributed by atoms with Crippen molar-refractivity contribution in [3.8, 4) is 0 Å². The van der Waals surface area contributed by atoms with E-state index in [1.54, 1.807) is 45.0 Å². The first-order valence-electron chi connectivity index (χ1n) is 11.8. The van der Waals surface area contributed by atoms with Gasteiger partial charge in [-0.15, -0.1) is 0 Å². The molecular weight excluding hydrogens is 454 g/mol. The molecule has 3 aromatic rings. The number of hydrogen-bond acceptors (Lipinski definition) is 4. The second-order valence-corrected chi connectivity index (χ2v) is 9.42. The summed E-state index contributed by atoms with van der Waals surface area (Å²) in [5.74, 6) is -0.851. The summed E-state index contributed by atoms with van der Waals surface area (Å²) in [5.41, 5.74) is 1.62. The maximum Gasteiger partial charge on any atom is 0.408 e. The van der Waals surface area contributed by atoms with Crippen LogP contribution in [0, 0.1) is 6.07 Å². The summed E-state index contributed by atoms with van der Waals surface area (Å²) in [6.45, 7) is 5.25. The summed E-state index contributed by atoms with van der Waals surface area (Å²) in [4.78, 5) is 39.2. The van der Waals surface area contributed by atoms with E-state index in [0.717, 1.165) is 11.1 Å². The molecule has 2 atom stereocenters. The number of amides is 3. The van der Waals surface area contributed by atoms with Crippen LogP contribution in [0.3, 0.4) is 0 Å². The van der Waals surface area contributed by atoms with Crippen LogP contribution in [0.25, 0.3) is 0 Å². The second-order valence-electron chi connectivity index (χ2n) is 9.42. The largest absolute Gasteiger partial charge is 0.444 e. The van der Waals surface area contributed by atoms with E-state index in [9.17, 15) is 14.4 Å². The molecule has 0 bridgehead atoms. The molecule has 7 nitrogen and oxygen atoms in total. The molecule has 187 valence electrons. The van der Waals surface area contributed by atoms with Gasteiger partial charge in [0.15, 0.2) is 0 Å². The molecule has 3 N–H and O–H groups in total. The Morgan fingerprint density at radius 2 is 1.25 bits per heavy atom. The fourth-order valence-corrected chi connectivity index (χ4v) is 3.54. The molecule has 0 aliphatic carbocycles. The van der Waals surface area contributed by atoms with Crippen molar-refractivity contribution in [3.63, 3.8) is 0 Å². The van der Waals surface area contributed by atoms with Crippen molar-refractivity contribution >= 4 is 23.6 Å². The van der Waals surface area contributed by atoms with Crippen molar-refractivity contribution in [2.45, 2.75) is 51.3 Å². The van der Waals surface area contributed by atoms with Gasteiger partial charge < -0.3 is 20.7 Å². The Labute approximate surface area is 212 Å². The summed E-state index contributed by atoms with van der Waals surface area (Å²) in [6.07, 6.45) is -0.190. The van der Waals surface area contributed by atoms with Crippen molar-refractivity contribution in [1.82, 2.24) is 10.6 Å². The van der Waals surface area contributed by atoms with Crippen LogP contribution in [-0.4, -0.2) is 35.6 Å². The standard InChI is InChI=1S/C29H32N3O4/c1-29(2,3)36-28(35)32-25(20-22-15-9-5-10-16-22)27(34)31-24(19-21-13-7-4-8-14-21)26(33)30-23-17-11-6-12-18-23/h4-5,7-18,24-25H,19-20H2,1-3H3,(H,30,33)(H,31,34)(H,32,35)/t24-,25-/m1/s1. The molecule has 0 saturated heterocycles. The molecule has 7 heteroatoms. The van der Waals surface area contributed by atoms with Crippen LogP contribution in [0.2, 0.25) is 0 Å². The zero-order valence-electron chi connectivity index (χ0n) is 20.8. The molecule has 1 radical (unpaired) electrons. The summed E-state index contributed by atoms with van der Waals surface area (Å²) < 4.78 is 5.37. The number of carbonyl (C=O) groups excluding carboxylic acids is 3. The molecule has 3 amide bonds. The Morgan fingerprint density at radius 1 is 0.750 bits per heavy atom. The predicted octanol–water partition coefficient (Wildman–Crippen LogP) is 4.29. The highest BCUT2D eigenvalue weighted by molar-refractivity contribution is 5.98. The molecule has 3 aromatic carbocycles. The van der Waals surface area contributed by atoms with Gasteiger partial charge in [-0.1, -0.05) is 72.8 Å². The lowest BCUT2D eigenvalue weighted by atomic mass is 10.0. The van der Waals surface area contributed by atoms with E-state index in [0.29, 0.717) is 5.69 Å². The van der Waals surface area contributed by atoms with Crippen molar-refractivity contribution < 1.29 is 19.1 Å². The third-order valence-corrected chi connectivity index (χ3v) is 5.19. The van der Waals surface area contributed by atoms with E-state index in [1.165, 1.54) is 0 Å². The zero-order chi connectivity index (χ0) is 26.0. The topological polar surface area (TPSA) is 96.5 Å². The van der Waals surface area contributed by atoms with Crippen LogP contribution < -0.4 is 16.0 Å². The molecule has 3 rings (SSSR count). The smallest absolute Gasteiger partial charge is 0.408 e. The molecule has 36 heavy (non-hydrogen) atoms. The van der Waals surface area contributed by atoms with Crippen LogP contribution in [0.4, 0.5) is 10.5 Å². The number of alkyl carbamates (subject to hydrolysis) is 1. The molecule has 0 saturated carbocycles. The summed E-state index contributed by atoms with van der Waals surface area (Å²) in [7, 11) is 0. The van der Waals surface area contributed by atoms with E-state index in [-0.39, 0.29) is 18.7 Å². The van der Waals surface area contributed by atoms with Crippen molar-refractivity contribution in [2.24, 2.45) is 0 Å². The number of anilines is 1. The average molecular weight is 487 g/mol. The maximum atomic E-state index is 13.4. The number of rotatable bonds is 9. The lowest BCUT2D eigenvalue weighted by molar-refractivity contribution is -0.127. The van der Waals surface area contributed by atoms with Gasteiger partial charge in [-0.05, 0) is 50.1 Å². The third-order valence-electron chi connectivity index (χ3n) is 5.19. The molecule has 0 aromatic heterocycles. The number of benzene rings is 3. The van der Waals surface area contributed by atoms with Crippen LogP contribution in [0.5, 0.6) is 0 Å². The van der Waals surface area contributed by atoms with Gasteiger partial charge in [-0.25, -0.2) is 4.79 Å². The normalized spacial score (nSPS) is 12.6. The van der Waals surface area contributed by atoms with Gasteiger partial charge >= 0.3 is 6.09 Å². The fourth-order valence-electron chi connectivity index (χ4n) is 3.54. The average Bonchev–Trinajstić information content (AvgIpc) is 2.84.